The summed E-state index contributed by atoms with van der Waals surface area (Å²) in [5.41, 5.74) is 4.91. The standard InChI is InChI=1S/C27H19N3O3/c1-16-3-2-4-21(25(16)31)18-9-11-20(12-10-18)30-14-13-22-24(30)26(32)23(27(33)29-22)19-7-5-17(15-28)6-8-19/h2-14,31H,1H3,(H2,29,32,33). The van der Waals surface area contributed by atoms with Gasteiger partial charge >= 0.3 is 0 Å². The molecule has 0 aliphatic rings. The van der Waals surface area contributed by atoms with Crippen LogP contribution in [0, 0.1) is 18.3 Å². The fraction of sp³-hybridized carbons (Fsp3) is 0.0370. The summed E-state index contributed by atoms with van der Waals surface area (Å²) in [6.45, 7) is 1.86. The number of phenols is 1. The van der Waals surface area contributed by atoms with E-state index in [1.807, 2.05) is 55.5 Å². The minimum atomic E-state index is -0.410. The van der Waals surface area contributed by atoms with Crippen LogP contribution in [0.25, 0.3) is 39.0 Å². The van der Waals surface area contributed by atoms with Gasteiger partial charge in [0.05, 0.1) is 22.7 Å². The third-order valence-electron chi connectivity index (χ3n) is 5.82. The van der Waals surface area contributed by atoms with Crippen LogP contribution in [0.3, 0.4) is 0 Å². The van der Waals surface area contributed by atoms with Gasteiger partial charge in [-0.1, -0.05) is 42.5 Å². The summed E-state index contributed by atoms with van der Waals surface area (Å²) in [6, 6.07) is 23.5. The van der Waals surface area contributed by atoms with E-state index in [-0.39, 0.29) is 17.1 Å². The lowest BCUT2D eigenvalue weighted by Gasteiger charge is -2.12. The van der Waals surface area contributed by atoms with E-state index in [2.05, 4.69) is 4.98 Å². The van der Waals surface area contributed by atoms with Crippen LogP contribution >= 0.6 is 0 Å². The van der Waals surface area contributed by atoms with Crippen LogP contribution in [0.4, 0.5) is 0 Å². The zero-order valence-corrected chi connectivity index (χ0v) is 17.7. The summed E-state index contributed by atoms with van der Waals surface area (Å²) in [4.78, 5) is 15.5. The quantitative estimate of drug-likeness (QED) is 0.362. The van der Waals surface area contributed by atoms with Gasteiger partial charge in [-0.15, -0.1) is 0 Å². The molecular weight excluding hydrogens is 414 g/mol. The van der Waals surface area contributed by atoms with Gasteiger partial charge in [0.25, 0.3) is 5.56 Å². The number of aromatic nitrogens is 2. The largest absolute Gasteiger partial charge is 0.507 e. The molecule has 160 valence electrons. The van der Waals surface area contributed by atoms with Crippen molar-refractivity contribution in [2.24, 2.45) is 0 Å². The number of aryl methyl sites for hydroxylation is 1. The molecule has 0 spiro atoms. The first kappa shape index (κ1) is 20.2. The Bertz CT molecular complexity index is 1600. The molecule has 2 aromatic heterocycles. The van der Waals surface area contributed by atoms with E-state index in [0.717, 1.165) is 22.4 Å². The zero-order chi connectivity index (χ0) is 23.1. The molecule has 0 unspecified atom stereocenters. The molecule has 5 rings (SSSR count). The number of aromatic amines is 1. The number of phenolic OH excluding ortho intramolecular Hbond substituents is 1. The fourth-order valence-corrected chi connectivity index (χ4v) is 4.07. The third-order valence-corrected chi connectivity index (χ3v) is 5.82. The lowest BCUT2D eigenvalue weighted by Crippen LogP contribution is -2.09. The van der Waals surface area contributed by atoms with Crippen LogP contribution in [-0.4, -0.2) is 19.8 Å². The van der Waals surface area contributed by atoms with Crippen molar-refractivity contribution in [3.05, 3.63) is 100 Å². The highest BCUT2D eigenvalue weighted by Gasteiger charge is 2.18. The van der Waals surface area contributed by atoms with Gasteiger partial charge in [-0.3, -0.25) is 4.79 Å². The molecule has 2 heterocycles. The van der Waals surface area contributed by atoms with Crippen LogP contribution in [0.1, 0.15) is 11.1 Å². The predicted molar refractivity (Wildman–Crippen MR) is 128 cm³/mol. The lowest BCUT2D eigenvalue weighted by molar-refractivity contribution is 0.473. The Morgan fingerprint density at radius 1 is 0.879 bits per heavy atom. The van der Waals surface area contributed by atoms with Crippen molar-refractivity contribution in [1.29, 1.82) is 5.26 Å². The second-order valence-electron chi connectivity index (χ2n) is 7.83. The number of aromatic hydroxyl groups is 2. The van der Waals surface area contributed by atoms with E-state index >= 15 is 0 Å². The second kappa shape index (κ2) is 7.74. The maximum atomic E-state index is 12.7. The summed E-state index contributed by atoms with van der Waals surface area (Å²) in [6.07, 6.45) is 1.78. The molecule has 0 fully saturated rings. The molecule has 0 radical (unpaired) electrons. The number of H-pyrrole nitrogens is 1. The van der Waals surface area contributed by atoms with Crippen LogP contribution < -0.4 is 5.56 Å². The summed E-state index contributed by atoms with van der Waals surface area (Å²) in [7, 11) is 0. The van der Waals surface area contributed by atoms with Gasteiger partial charge in [0.2, 0.25) is 0 Å². The Morgan fingerprint density at radius 3 is 2.27 bits per heavy atom. The van der Waals surface area contributed by atoms with E-state index < -0.39 is 5.56 Å². The van der Waals surface area contributed by atoms with Crippen LogP contribution in [0.5, 0.6) is 11.5 Å². The Hall–Kier alpha value is -4.76. The van der Waals surface area contributed by atoms with Gasteiger partial charge in [-0.2, -0.15) is 5.26 Å². The maximum absolute atomic E-state index is 12.7. The molecule has 0 aliphatic carbocycles. The number of para-hydroxylation sites is 1. The molecule has 3 aromatic carbocycles. The summed E-state index contributed by atoms with van der Waals surface area (Å²) >= 11 is 0. The highest BCUT2D eigenvalue weighted by Crippen LogP contribution is 2.35. The van der Waals surface area contributed by atoms with Gasteiger partial charge in [0.1, 0.15) is 11.3 Å². The zero-order valence-electron chi connectivity index (χ0n) is 17.7. The molecule has 0 bridgehead atoms. The van der Waals surface area contributed by atoms with Crippen molar-refractivity contribution >= 4 is 11.0 Å². The van der Waals surface area contributed by atoms with Crippen molar-refractivity contribution in [3.8, 4) is 45.5 Å². The average Bonchev–Trinajstić information content (AvgIpc) is 3.25. The van der Waals surface area contributed by atoms with E-state index in [1.54, 1.807) is 41.1 Å². The molecule has 6 nitrogen and oxygen atoms in total. The summed E-state index contributed by atoms with van der Waals surface area (Å²) in [5, 5.41) is 30.5. The van der Waals surface area contributed by atoms with E-state index in [1.165, 1.54) is 0 Å². The first-order valence-electron chi connectivity index (χ1n) is 10.3. The molecular formula is C27H19N3O3. The molecule has 6 heteroatoms. The molecule has 0 amide bonds. The second-order valence-corrected chi connectivity index (χ2v) is 7.83. The highest BCUT2D eigenvalue weighted by atomic mass is 16.3. The van der Waals surface area contributed by atoms with Gasteiger partial charge in [-0.25, -0.2) is 0 Å². The lowest BCUT2D eigenvalue weighted by atomic mass is 10.0. The van der Waals surface area contributed by atoms with Gasteiger partial charge < -0.3 is 19.8 Å². The highest BCUT2D eigenvalue weighted by molar-refractivity contribution is 5.91. The molecule has 33 heavy (non-hydrogen) atoms. The molecule has 0 saturated carbocycles. The number of nitrogens with one attached hydrogen (secondary N) is 1. The SMILES string of the molecule is Cc1cccc(-c2ccc(-n3ccc4[nH]c(=O)c(-c5ccc(C#N)cc5)c(O)c43)cc2)c1O. The Morgan fingerprint density at radius 2 is 1.58 bits per heavy atom. The Labute approximate surface area is 189 Å². The van der Waals surface area contributed by atoms with Gasteiger partial charge in [-0.05, 0) is 53.9 Å². The average molecular weight is 433 g/mol. The molecule has 0 atom stereocenters. The monoisotopic (exact) mass is 433 g/mol. The summed E-state index contributed by atoms with van der Waals surface area (Å²) < 4.78 is 1.80. The Kier molecular flexibility index (Phi) is 4.73. The first-order chi connectivity index (χ1) is 16.0. The van der Waals surface area contributed by atoms with Gasteiger partial charge in [0.15, 0.2) is 5.75 Å². The number of hydrogen-bond donors (Lipinski definition) is 3. The Balaban J connectivity index is 1.63. The molecule has 0 aliphatic heterocycles. The van der Waals surface area contributed by atoms with Crippen LogP contribution in [-0.2, 0) is 0 Å². The molecule has 3 N–H and O–H groups in total. The van der Waals surface area contributed by atoms with Gasteiger partial charge in [0, 0.05) is 17.4 Å². The molecule has 5 aromatic rings. The summed E-state index contributed by atoms with van der Waals surface area (Å²) in [5.74, 6) is 0.114. The van der Waals surface area contributed by atoms with Crippen molar-refractivity contribution in [2.75, 3.05) is 0 Å². The number of rotatable bonds is 3. The number of fused-ring (bicyclic) bond motifs is 1. The van der Waals surface area contributed by atoms with Crippen molar-refractivity contribution in [1.82, 2.24) is 9.55 Å². The first-order valence-corrected chi connectivity index (χ1v) is 10.3. The normalized spacial score (nSPS) is 10.9. The van der Waals surface area contributed by atoms with E-state index in [4.69, 9.17) is 5.26 Å². The van der Waals surface area contributed by atoms with Crippen LogP contribution in [0.2, 0.25) is 0 Å². The maximum Gasteiger partial charge on any atom is 0.260 e. The minimum Gasteiger partial charge on any atom is -0.507 e. The van der Waals surface area contributed by atoms with Crippen LogP contribution in [0.15, 0.2) is 83.8 Å². The smallest absolute Gasteiger partial charge is 0.260 e. The number of nitriles is 1. The minimum absolute atomic E-state index is 0.135. The number of pyridine rings is 1. The van der Waals surface area contributed by atoms with E-state index in [0.29, 0.717) is 22.2 Å². The van der Waals surface area contributed by atoms with Crippen molar-refractivity contribution < 1.29 is 10.2 Å². The van der Waals surface area contributed by atoms with E-state index in [9.17, 15) is 15.0 Å². The fourth-order valence-electron chi connectivity index (χ4n) is 4.07. The topological polar surface area (TPSA) is 102 Å². The molecule has 0 saturated heterocycles. The third kappa shape index (κ3) is 3.33. The number of benzene rings is 3. The number of hydrogen-bond acceptors (Lipinski definition) is 4. The van der Waals surface area contributed by atoms with Crippen molar-refractivity contribution in [3.63, 3.8) is 0 Å². The van der Waals surface area contributed by atoms with Crippen molar-refractivity contribution in [2.45, 2.75) is 6.92 Å². The number of nitrogens with zero attached hydrogens (tertiary/aromatic N) is 2. The predicted octanol–water partition coefficient (Wildman–Crippen LogP) is 5.24.